The number of nitrogens with two attached hydrogens (primary N) is 1. The number of rotatable bonds is 20. The topological polar surface area (TPSA) is 137 Å². The van der Waals surface area contributed by atoms with Gasteiger partial charge in [-0.1, -0.05) is 83.3 Å². The van der Waals surface area contributed by atoms with E-state index in [0.29, 0.717) is 6.42 Å². The fourth-order valence-electron chi connectivity index (χ4n) is 4.66. The number of aliphatic hydroxyl groups excluding tert-OH is 2. The standard InChI is InChI=1S/C29H49N3O6/c1-2-3-4-5-6-7-8-9-10-11-12-13-14-15-16-17-18-19-25(33)37-22-23-26(34)27(35)28(38-23)32-21-20-24(30)31-29(32)36/h9-10,20-21,23,26-28,34-35H,2-8,11-19,22H2,1H3,(H2,30,31,36)/t23-,26-,27+,28-/m1/s1. The lowest BCUT2D eigenvalue weighted by Gasteiger charge is -2.16. The van der Waals surface area contributed by atoms with E-state index in [1.54, 1.807) is 0 Å². The maximum absolute atomic E-state index is 12.1. The van der Waals surface area contributed by atoms with Gasteiger partial charge >= 0.3 is 11.7 Å². The van der Waals surface area contributed by atoms with Gasteiger partial charge in [0, 0.05) is 12.6 Å². The van der Waals surface area contributed by atoms with Gasteiger partial charge in [0.2, 0.25) is 0 Å². The summed E-state index contributed by atoms with van der Waals surface area (Å²) < 4.78 is 11.9. The number of carbonyl (C=O) groups excluding carboxylic acids is 1. The molecule has 1 saturated heterocycles. The zero-order valence-electron chi connectivity index (χ0n) is 23.1. The van der Waals surface area contributed by atoms with Gasteiger partial charge in [-0.05, 0) is 38.2 Å². The molecule has 1 aliphatic heterocycles. The average molecular weight is 536 g/mol. The van der Waals surface area contributed by atoms with E-state index in [9.17, 15) is 19.8 Å². The Morgan fingerprint density at radius 1 is 0.974 bits per heavy atom. The number of nitrogens with zero attached hydrogens (tertiary/aromatic N) is 2. The molecule has 4 atom stereocenters. The number of ether oxygens (including phenoxy) is 2. The third kappa shape index (κ3) is 12.1. The van der Waals surface area contributed by atoms with Gasteiger partial charge in [0.15, 0.2) is 6.23 Å². The number of unbranched alkanes of at least 4 members (excludes halogenated alkanes) is 13. The Hall–Kier alpha value is -2.23. The molecule has 0 unspecified atom stereocenters. The number of allylic oxidation sites excluding steroid dienone is 2. The summed E-state index contributed by atoms with van der Waals surface area (Å²) in [7, 11) is 0. The van der Waals surface area contributed by atoms with Crippen LogP contribution in [-0.4, -0.2) is 50.7 Å². The number of nitrogen functional groups attached to an aromatic ring is 1. The molecule has 2 rings (SSSR count). The van der Waals surface area contributed by atoms with Crippen molar-refractivity contribution >= 4 is 11.8 Å². The largest absolute Gasteiger partial charge is 0.463 e. The first-order chi connectivity index (χ1) is 18.4. The molecule has 0 saturated carbocycles. The smallest absolute Gasteiger partial charge is 0.351 e. The van der Waals surface area contributed by atoms with Crippen LogP contribution in [0.25, 0.3) is 0 Å². The Morgan fingerprint density at radius 3 is 2.16 bits per heavy atom. The maximum atomic E-state index is 12.1. The number of hydrogen-bond acceptors (Lipinski definition) is 8. The van der Waals surface area contributed by atoms with Gasteiger partial charge in [0.1, 0.15) is 30.7 Å². The number of aromatic nitrogens is 2. The molecule has 0 radical (unpaired) electrons. The summed E-state index contributed by atoms with van der Waals surface area (Å²) in [5.74, 6) is -0.315. The zero-order valence-corrected chi connectivity index (χ0v) is 23.1. The van der Waals surface area contributed by atoms with Crippen molar-refractivity contribution in [1.82, 2.24) is 9.55 Å². The minimum absolute atomic E-state index is 0.0477. The Bertz CT molecular complexity index is 874. The van der Waals surface area contributed by atoms with Crippen molar-refractivity contribution in [2.75, 3.05) is 12.3 Å². The monoisotopic (exact) mass is 535 g/mol. The second-order valence-corrected chi connectivity index (χ2v) is 10.3. The van der Waals surface area contributed by atoms with Crippen LogP contribution in [0, 0.1) is 0 Å². The second kappa shape index (κ2) is 18.9. The van der Waals surface area contributed by atoms with E-state index in [1.165, 1.54) is 89.3 Å². The lowest BCUT2D eigenvalue weighted by molar-refractivity contribution is -0.150. The molecule has 1 aromatic heterocycles. The molecule has 9 nitrogen and oxygen atoms in total. The highest BCUT2D eigenvalue weighted by Crippen LogP contribution is 2.28. The van der Waals surface area contributed by atoms with Crippen molar-refractivity contribution in [3.05, 3.63) is 34.9 Å². The van der Waals surface area contributed by atoms with Crippen LogP contribution in [0.15, 0.2) is 29.2 Å². The molecule has 1 aromatic rings. The highest BCUT2D eigenvalue weighted by Gasteiger charge is 2.44. The molecule has 0 bridgehead atoms. The number of aliphatic hydroxyl groups is 2. The van der Waals surface area contributed by atoms with Gasteiger partial charge in [0.25, 0.3) is 0 Å². The minimum atomic E-state index is -1.36. The van der Waals surface area contributed by atoms with Gasteiger partial charge in [-0.2, -0.15) is 4.98 Å². The van der Waals surface area contributed by atoms with Gasteiger partial charge in [0.05, 0.1) is 0 Å². The Labute approximate surface area is 227 Å². The van der Waals surface area contributed by atoms with Crippen molar-refractivity contribution in [2.45, 2.75) is 134 Å². The number of anilines is 1. The Kier molecular flexibility index (Phi) is 15.9. The second-order valence-electron chi connectivity index (χ2n) is 10.3. The van der Waals surface area contributed by atoms with Crippen LogP contribution in [0.2, 0.25) is 0 Å². The van der Waals surface area contributed by atoms with E-state index < -0.39 is 30.2 Å². The van der Waals surface area contributed by atoms with Crippen LogP contribution in [0.5, 0.6) is 0 Å². The van der Waals surface area contributed by atoms with Gasteiger partial charge in [-0.3, -0.25) is 9.36 Å². The van der Waals surface area contributed by atoms with Crippen LogP contribution < -0.4 is 11.4 Å². The van der Waals surface area contributed by atoms with Crippen LogP contribution in [0.4, 0.5) is 5.82 Å². The van der Waals surface area contributed by atoms with E-state index in [2.05, 4.69) is 24.1 Å². The molecule has 0 amide bonds. The molecule has 0 aliphatic carbocycles. The molecular formula is C29H49N3O6. The molecule has 38 heavy (non-hydrogen) atoms. The molecule has 1 aliphatic rings. The normalized spacial score (nSPS) is 21.3. The number of carbonyl (C=O) groups is 1. The summed E-state index contributed by atoms with van der Waals surface area (Å²) in [6.07, 6.45) is 19.8. The number of hydrogen-bond donors (Lipinski definition) is 3. The molecule has 1 fully saturated rings. The summed E-state index contributed by atoms with van der Waals surface area (Å²) in [5.41, 5.74) is 4.78. The Morgan fingerprint density at radius 2 is 1.55 bits per heavy atom. The minimum Gasteiger partial charge on any atom is -0.463 e. The predicted octanol–water partition coefficient (Wildman–Crippen LogP) is 4.81. The van der Waals surface area contributed by atoms with Crippen molar-refractivity contribution in [3.8, 4) is 0 Å². The maximum Gasteiger partial charge on any atom is 0.351 e. The van der Waals surface area contributed by atoms with Crippen LogP contribution in [0.3, 0.4) is 0 Å². The highest BCUT2D eigenvalue weighted by atomic mass is 16.6. The van der Waals surface area contributed by atoms with Gasteiger partial charge in [-0.15, -0.1) is 0 Å². The van der Waals surface area contributed by atoms with Crippen LogP contribution in [0.1, 0.15) is 116 Å². The van der Waals surface area contributed by atoms with E-state index >= 15 is 0 Å². The van der Waals surface area contributed by atoms with Crippen molar-refractivity contribution in [2.24, 2.45) is 0 Å². The van der Waals surface area contributed by atoms with E-state index in [1.807, 2.05) is 0 Å². The molecule has 0 spiro atoms. The lowest BCUT2D eigenvalue weighted by Crippen LogP contribution is -2.36. The summed E-state index contributed by atoms with van der Waals surface area (Å²) in [4.78, 5) is 27.7. The summed E-state index contributed by atoms with van der Waals surface area (Å²) >= 11 is 0. The quantitative estimate of drug-likeness (QED) is 0.123. The van der Waals surface area contributed by atoms with E-state index in [-0.39, 0.29) is 18.4 Å². The summed E-state index contributed by atoms with van der Waals surface area (Å²) in [6, 6.07) is 1.40. The SMILES string of the molecule is CCCCCCCCC=CCCCCCCCCCC(=O)OC[C@H]1O[C@@H](n2ccc(N)nc2=O)[C@@H](O)[C@@H]1O. The first kappa shape index (κ1) is 32.0. The fraction of sp³-hybridized carbons (Fsp3) is 0.759. The first-order valence-electron chi connectivity index (χ1n) is 14.6. The average Bonchev–Trinajstić information content (AvgIpc) is 3.17. The third-order valence-corrected chi connectivity index (χ3v) is 7.01. The number of esters is 1. The lowest BCUT2D eigenvalue weighted by atomic mass is 10.1. The molecular weight excluding hydrogens is 486 g/mol. The molecule has 4 N–H and O–H groups in total. The molecule has 0 aromatic carbocycles. The first-order valence-corrected chi connectivity index (χ1v) is 14.6. The fourth-order valence-corrected chi connectivity index (χ4v) is 4.66. The van der Waals surface area contributed by atoms with Crippen LogP contribution >= 0.6 is 0 Å². The summed E-state index contributed by atoms with van der Waals surface area (Å²) in [5, 5.41) is 20.5. The summed E-state index contributed by atoms with van der Waals surface area (Å²) in [6.45, 7) is 2.06. The van der Waals surface area contributed by atoms with Crippen molar-refractivity contribution in [3.63, 3.8) is 0 Å². The Balaban J connectivity index is 1.45. The molecule has 2 heterocycles. The van der Waals surface area contributed by atoms with Crippen molar-refractivity contribution in [1.29, 1.82) is 0 Å². The van der Waals surface area contributed by atoms with Gasteiger partial charge < -0.3 is 25.4 Å². The van der Waals surface area contributed by atoms with E-state index in [0.717, 1.165) is 23.8 Å². The molecule has 9 heteroatoms. The van der Waals surface area contributed by atoms with Gasteiger partial charge in [-0.25, -0.2) is 4.79 Å². The predicted molar refractivity (Wildman–Crippen MR) is 148 cm³/mol. The zero-order chi connectivity index (χ0) is 27.6. The van der Waals surface area contributed by atoms with E-state index in [4.69, 9.17) is 15.2 Å². The molecule has 216 valence electrons. The highest BCUT2D eigenvalue weighted by molar-refractivity contribution is 5.69. The third-order valence-electron chi connectivity index (χ3n) is 7.01. The van der Waals surface area contributed by atoms with Crippen LogP contribution in [-0.2, 0) is 14.3 Å². The van der Waals surface area contributed by atoms with Crippen molar-refractivity contribution < 1.29 is 24.5 Å².